The van der Waals surface area contributed by atoms with Gasteiger partial charge < -0.3 is 5.11 Å². The van der Waals surface area contributed by atoms with Crippen molar-refractivity contribution >= 4 is 17.4 Å². The maximum absolute atomic E-state index is 12.3. The fourth-order valence-electron chi connectivity index (χ4n) is 1.16. The van der Waals surface area contributed by atoms with Crippen LogP contribution in [0.2, 0.25) is 0 Å². The molecule has 1 N–H and O–H groups in total. The fourth-order valence-corrected chi connectivity index (χ4v) is 1.16. The van der Waals surface area contributed by atoms with Crippen LogP contribution in [0.4, 0.5) is 13.2 Å². The Kier molecular flexibility index (Phi) is 3.90. The largest absolute Gasteiger partial charge is 0.478 e. The van der Waals surface area contributed by atoms with Gasteiger partial charge in [0.2, 0.25) is 0 Å². The molecule has 0 saturated carbocycles. The van der Waals surface area contributed by atoms with Gasteiger partial charge in [0.05, 0.1) is 11.3 Å². The minimum Gasteiger partial charge on any atom is -0.478 e. The van der Waals surface area contributed by atoms with Crippen molar-refractivity contribution in [3.63, 3.8) is 0 Å². The summed E-state index contributed by atoms with van der Waals surface area (Å²) in [6, 6.07) is 5.42. The Balaban J connectivity index is 3.06. The molecule has 0 atom stereocenters. The van der Waals surface area contributed by atoms with Crippen LogP contribution in [0.15, 0.2) is 35.8 Å². The summed E-state index contributed by atoms with van der Waals surface area (Å²) in [6.45, 7) is 4.22. The Morgan fingerprint density at radius 2 is 1.89 bits per heavy atom. The van der Waals surface area contributed by atoms with Gasteiger partial charge in [0.15, 0.2) is 0 Å². The molecule has 0 saturated heterocycles. The Hall–Kier alpha value is -2.11. The lowest BCUT2D eigenvalue weighted by Crippen LogP contribution is -2.19. The first-order chi connectivity index (χ1) is 8.21. The zero-order valence-corrected chi connectivity index (χ0v) is 9.45. The molecule has 1 rings (SSSR count). The lowest BCUT2D eigenvalue weighted by Gasteiger charge is -2.07. The number of benzene rings is 1. The molecule has 0 fully saturated rings. The lowest BCUT2D eigenvalue weighted by atomic mass is 10.1. The number of carboxylic acids is 1. The van der Waals surface area contributed by atoms with E-state index in [9.17, 15) is 18.0 Å². The highest BCUT2D eigenvalue weighted by Crippen LogP contribution is 2.22. The van der Waals surface area contributed by atoms with Gasteiger partial charge in [0.25, 0.3) is 0 Å². The minimum absolute atomic E-state index is 0.0338. The van der Waals surface area contributed by atoms with Crippen LogP contribution >= 0.6 is 0 Å². The maximum Gasteiger partial charge on any atom is 0.429 e. The number of hydrogen-bond donors (Lipinski definition) is 1. The second-order valence-electron chi connectivity index (χ2n) is 3.53. The summed E-state index contributed by atoms with van der Waals surface area (Å²) in [5, 5.41) is 8.76. The quantitative estimate of drug-likeness (QED) is 0.844. The van der Waals surface area contributed by atoms with Crippen LogP contribution in [0.3, 0.4) is 0 Å². The first-order valence-corrected chi connectivity index (χ1v) is 4.87. The average Bonchev–Trinajstić information content (AvgIpc) is 2.27. The molecule has 3 nitrogen and oxygen atoms in total. The van der Waals surface area contributed by atoms with Crippen LogP contribution in [-0.2, 0) is 0 Å². The van der Waals surface area contributed by atoms with E-state index >= 15 is 0 Å². The number of aliphatic imine (C=N–C) groups is 1. The molecule has 0 aromatic heterocycles. The fraction of sp³-hybridized carbons (Fsp3) is 0.167. The van der Waals surface area contributed by atoms with Gasteiger partial charge in [0.1, 0.15) is 5.71 Å². The third-order valence-electron chi connectivity index (χ3n) is 2.16. The molecule has 18 heavy (non-hydrogen) atoms. The number of aromatic carboxylic acids is 1. The number of carboxylic acid groups (broad SMARTS) is 1. The van der Waals surface area contributed by atoms with E-state index in [0.717, 1.165) is 6.92 Å². The monoisotopic (exact) mass is 257 g/mol. The summed E-state index contributed by atoms with van der Waals surface area (Å²) in [5.74, 6) is -1.17. The molecule has 0 radical (unpaired) electrons. The average molecular weight is 257 g/mol. The first kappa shape index (κ1) is 14.0. The number of hydrogen-bond acceptors (Lipinski definition) is 2. The molecule has 0 aliphatic heterocycles. The van der Waals surface area contributed by atoms with E-state index in [4.69, 9.17) is 5.11 Å². The van der Waals surface area contributed by atoms with Crippen LogP contribution in [0, 0.1) is 0 Å². The highest BCUT2D eigenvalue weighted by Gasteiger charge is 2.32. The van der Waals surface area contributed by atoms with Gasteiger partial charge in [-0.3, -0.25) is 0 Å². The first-order valence-electron chi connectivity index (χ1n) is 4.87. The van der Waals surface area contributed by atoms with E-state index in [1.807, 2.05) is 0 Å². The predicted octanol–water partition coefficient (Wildman–Crippen LogP) is 3.38. The highest BCUT2D eigenvalue weighted by molar-refractivity contribution is 5.93. The number of alkyl halides is 3. The molecule has 0 spiro atoms. The molecular weight excluding hydrogens is 247 g/mol. The SMILES string of the molecule is C=C(N=C(C)C(F)(F)F)c1cccc(C(=O)O)c1. The van der Waals surface area contributed by atoms with Crippen LogP contribution < -0.4 is 0 Å². The smallest absolute Gasteiger partial charge is 0.429 e. The van der Waals surface area contributed by atoms with Gasteiger partial charge in [-0.15, -0.1) is 0 Å². The van der Waals surface area contributed by atoms with Crippen molar-refractivity contribution in [1.29, 1.82) is 0 Å². The van der Waals surface area contributed by atoms with Crippen LogP contribution in [0.1, 0.15) is 22.8 Å². The summed E-state index contributed by atoms with van der Waals surface area (Å²) in [4.78, 5) is 14.0. The van der Waals surface area contributed by atoms with E-state index in [1.165, 1.54) is 24.3 Å². The standard InChI is InChI=1S/C12H10F3NO2/c1-7(16-8(2)12(13,14)15)9-4-3-5-10(6-9)11(17)18/h3-6H,1H2,2H3,(H,17,18). The zero-order chi connectivity index (χ0) is 13.9. The molecule has 0 aliphatic rings. The van der Waals surface area contributed by atoms with E-state index in [-0.39, 0.29) is 16.8 Å². The van der Waals surface area contributed by atoms with Crippen molar-refractivity contribution in [2.75, 3.05) is 0 Å². The zero-order valence-electron chi connectivity index (χ0n) is 9.45. The minimum atomic E-state index is -4.52. The second kappa shape index (κ2) is 5.03. The summed E-state index contributed by atoms with van der Waals surface area (Å²) in [6.07, 6.45) is -4.52. The van der Waals surface area contributed by atoms with Crippen LogP contribution in [0.25, 0.3) is 5.70 Å². The van der Waals surface area contributed by atoms with Crippen molar-refractivity contribution in [2.45, 2.75) is 13.1 Å². The normalized spacial score (nSPS) is 12.3. The Morgan fingerprint density at radius 3 is 2.39 bits per heavy atom. The van der Waals surface area contributed by atoms with Crippen molar-refractivity contribution in [3.8, 4) is 0 Å². The van der Waals surface area contributed by atoms with Crippen molar-refractivity contribution in [1.82, 2.24) is 0 Å². The number of rotatable bonds is 3. The van der Waals surface area contributed by atoms with Gasteiger partial charge in [-0.1, -0.05) is 18.7 Å². The number of carbonyl (C=O) groups is 1. The molecule has 96 valence electrons. The van der Waals surface area contributed by atoms with Crippen LogP contribution in [-0.4, -0.2) is 23.0 Å². The van der Waals surface area contributed by atoms with Gasteiger partial charge in [-0.2, -0.15) is 13.2 Å². The maximum atomic E-state index is 12.3. The summed E-state index contributed by atoms with van der Waals surface area (Å²) in [7, 11) is 0. The Bertz CT molecular complexity index is 518. The summed E-state index contributed by atoms with van der Waals surface area (Å²) in [5.41, 5.74) is -0.965. The van der Waals surface area contributed by atoms with Crippen molar-refractivity contribution in [3.05, 3.63) is 42.0 Å². The van der Waals surface area contributed by atoms with Gasteiger partial charge in [0, 0.05) is 5.56 Å². The Morgan fingerprint density at radius 1 is 1.33 bits per heavy atom. The third-order valence-corrected chi connectivity index (χ3v) is 2.16. The third kappa shape index (κ3) is 3.44. The van der Waals surface area contributed by atoms with E-state index in [1.54, 1.807) is 0 Å². The van der Waals surface area contributed by atoms with Crippen molar-refractivity contribution < 1.29 is 23.1 Å². The van der Waals surface area contributed by atoms with E-state index in [2.05, 4.69) is 11.6 Å². The number of nitrogens with zero attached hydrogens (tertiary/aromatic N) is 1. The summed E-state index contributed by atoms with van der Waals surface area (Å²) < 4.78 is 36.8. The van der Waals surface area contributed by atoms with Gasteiger partial charge in [-0.05, 0) is 19.1 Å². The molecule has 0 heterocycles. The second-order valence-corrected chi connectivity index (χ2v) is 3.53. The molecule has 6 heteroatoms. The van der Waals surface area contributed by atoms with Crippen LogP contribution in [0.5, 0.6) is 0 Å². The number of halogens is 3. The van der Waals surface area contributed by atoms with Crippen molar-refractivity contribution in [2.24, 2.45) is 4.99 Å². The molecular formula is C12H10F3NO2. The highest BCUT2D eigenvalue weighted by atomic mass is 19.4. The topological polar surface area (TPSA) is 49.7 Å². The van der Waals surface area contributed by atoms with E-state index < -0.39 is 17.9 Å². The molecule has 0 aliphatic carbocycles. The molecule has 0 unspecified atom stereocenters. The van der Waals surface area contributed by atoms with Gasteiger partial charge in [-0.25, -0.2) is 9.79 Å². The predicted molar refractivity (Wildman–Crippen MR) is 61.6 cm³/mol. The molecule has 0 amide bonds. The Labute approximate surface area is 101 Å². The summed E-state index contributed by atoms with van der Waals surface area (Å²) >= 11 is 0. The van der Waals surface area contributed by atoms with E-state index in [0.29, 0.717) is 0 Å². The van der Waals surface area contributed by atoms with Gasteiger partial charge >= 0.3 is 12.1 Å². The lowest BCUT2D eigenvalue weighted by molar-refractivity contribution is -0.0591. The molecule has 1 aromatic rings. The molecule has 0 bridgehead atoms. The molecule has 1 aromatic carbocycles.